The summed E-state index contributed by atoms with van der Waals surface area (Å²) in [5.74, 6) is 0. The second-order valence-electron chi connectivity index (χ2n) is 6.19. The molecule has 1 atom stereocenters. The van der Waals surface area contributed by atoms with Crippen LogP contribution in [0.2, 0.25) is 0 Å². The zero-order valence-corrected chi connectivity index (χ0v) is 16.6. The number of nitrogens with zero attached hydrogens (tertiary/aromatic N) is 2. The summed E-state index contributed by atoms with van der Waals surface area (Å²) in [4.78, 5) is 12.7. The number of amides is 1. The van der Waals surface area contributed by atoms with E-state index in [-0.39, 0.29) is 11.5 Å². The van der Waals surface area contributed by atoms with Crippen LogP contribution in [-0.2, 0) is 11.4 Å². The maximum absolute atomic E-state index is 11.5. The zero-order chi connectivity index (χ0) is 17.7. The van der Waals surface area contributed by atoms with E-state index in [0.29, 0.717) is 22.4 Å². The van der Waals surface area contributed by atoms with Crippen molar-refractivity contribution >= 4 is 46.1 Å². The lowest BCUT2D eigenvalue weighted by molar-refractivity contribution is 0.168. The molecule has 0 saturated carbocycles. The molecular weight excluding hydrogens is 364 g/mol. The monoisotopic (exact) mass is 386 g/mol. The Morgan fingerprint density at radius 2 is 2.25 bits per heavy atom. The molecule has 0 fully saturated rings. The van der Waals surface area contributed by atoms with Crippen molar-refractivity contribution in [2.45, 2.75) is 40.4 Å². The molecule has 0 radical (unpaired) electrons. The maximum Gasteiger partial charge on any atom is 0.413 e. The predicted octanol–water partition coefficient (Wildman–Crippen LogP) is 4.64. The lowest BCUT2D eigenvalue weighted by Gasteiger charge is -2.30. The van der Waals surface area contributed by atoms with Gasteiger partial charge in [0.25, 0.3) is 0 Å². The van der Waals surface area contributed by atoms with Crippen molar-refractivity contribution in [3.05, 3.63) is 26.3 Å². The Morgan fingerprint density at radius 3 is 2.83 bits per heavy atom. The molecule has 2 heterocycles. The highest BCUT2D eigenvalue weighted by Gasteiger charge is 2.26. The van der Waals surface area contributed by atoms with E-state index in [1.165, 1.54) is 16.2 Å². The average molecular weight is 387 g/mol. The summed E-state index contributed by atoms with van der Waals surface area (Å²) in [6.07, 6.45) is -0.521. The van der Waals surface area contributed by atoms with Crippen LogP contribution >= 0.6 is 34.9 Å². The molecule has 132 valence electrons. The third-order valence-electron chi connectivity index (χ3n) is 3.23. The van der Waals surface area contributed by atoms with E-state index in [0.717, 1.165) is 0 Å². The molecule has 0 aromatic carbocycles. The minimum atomic E-state index is -0.521. The number of nitrogens with one attached hydrogen (secondary N) is 2. The average Bonchev–Trinajstić information content (AvgIpc) is 3.09. The van der Waals surface area contributed by atoms with Crippen molar-refractivity contribution in [1.29, 1.82) is 0 Å². The molecule has 0 saturated heterocycles. The summed E-state index contributed by atoms with van der Waals surface area (Å²) in [6, 6.07) is 4.36. The molecule has 0 aliphatic carbocycles. The number of rotatable bonds is 6. The fourth-order valence-electron chi connectivity index (χ4n) is 2.18. The first-order valence-corrected chi connectivity index (χ1v) is 9.70. The number of anilines is 1. The van der Waals surface area contributed by atoms with Gasteiger partial charge in [-0.25, -0.2) is 9.48 Å². The minimum Gasteiger partial charge on any atom is -0.450 e. The molecule has 0 aliphatic heterocycles. The first-order valence-electron chi connectivity index (χ1n) is 7.59. The largest absolute Gasteiger partial charge is 0.450 e. The van der Waals surface area contributed by atoms with E-state index >= 15 is 0 Å². The Bertz CT molecular complexity index is 716. The van der Waals surface area contributed by atoms with Crippen molar-refractivity contribution in [2.24, 2.45) is 5.41 Å². The van der Waals surface area contributed by atoms with Gasteiger partial charge in [0, 0.05) is 10.9 Å². The second kappa shape index (κ2) is 8.19. The topological polar surface area (TPSA) is 68.2 Å². The first-order chi connectivity index (χ1) is 11.3. The Labute approximate surface area is 154 Å². The van der Waals surface area contributed by atoms with Gasteiger partial charge in [0.05, 0.1) is 13.3 Å². The number of carbonyl (C=O) groups is 1. The van der Waals surface area contributed by atoms with Gasteiger partial charge in [-0.05, 0) is 36.0 Å². The lowest BCUT2D eigenvalue weighted by atomic mass is 9.86. The van der Waals surface area contributed by atoms with Gasteiger partial charge in [-0.1, -0.05) is 38.2 Å². The molecule has 24 heavy (non-hydrogen) atoms. The van der Waals surface area contributed by atoms with Gasteiger partial charge in [0.15, 0.2) is 3.95 Å². The quantitative estimate of drug-likeness (QED) is 0.708. The summed E-state index contributed by atoms with van der Waals surface area (Å²) in [5, 5.41) is 12.9. The van der Waals surface area contributed by atoms with Gasteiger partial charge >= 0.3 is 6.09 Å². The van der Waals surface area contributed by atoms with Crippen LogP contribution in [0.15, 0.2) is 17.5 Å². The normalized spacial score (nSPS) is 12.8. The second-order valence-corrected chi connectivity index (χ2v) is 8.80. The Balaban J connectivity index is 2.06. The van der Waals surface area contributed by atoms with Crippen LogP contribution in [0, 0.1) is 9.37 Å². The number of aromatic nitrogens is 2. The SMILES string of the molecule is CCOC(=O)Nc1nn(CNC(c2cccs2)C(C)(C)C)c(=S)s1. The van der Waals surface area contributed by atoms with E-state index < -0.39 is 6.09 Å². The number of carbonyl (C=O) groups excluding carboxylic acids is 1. The van der Waals surface area contributed by atoms with Crippen molar-refractivity contribution in [3.8, 4) is 0 Å². The molecule has 1 unspecified atom stereocenters. The minimum absolute atomic E-state index is 0.0507. The summed E-state index contributed by atoms with van der Waals surface area (Å²) in [5.41, 5.74) is 0.0507. The molecule has 2 rings (SSSR count). The molecule has 2 aromatic rings. The van der Waals surface area contributed by atoms with E-state index in [2.05, 4.69) is 54.0 Å². The highest BCUT2D eigenvalue weighted by Crippen LogP contribution is 2.35. The third kappa shape index (κ3) is 5.10. The Kier molecular flexibility index (Phi) is 6.50. The van der Waals surface area contributed by atoms with Crippen LogP contribution in [0.3, 0.4) is 0 Å². The van der Waals surface area contributed by atoms with Crippen molar-refractivity contribution in [2.75, 3.05) is 11.9 Å². The lowest BCUT2D eigenvalue weighted by Crippen LogP contribution is -2.33. The molecule has 6 nitrogen and oxygen atoms in total. The highest BCUT2D eigenvalue weighted by atomic mass is 32.1. The van der Waals surface area contributed by atoms with Crippen LogP contribution in [0.4, 0.5) is 9.93 Å². The summed E-state index contributed by atoms with van der Waals surface area (Å²) < 4.78 is 7.11. The van der Waals surface area contributed by atoms with Crippen molar-refractivity contribution in [3.63, 3.8) is 0 Å². The van der Waals surface area contributed by atoms with E-state index in [4.69, 9.17) is 17.0 Å². The standard InChI is InChI=1S/C15H22N4O2S3/c1-5-21-13(20)17-12-18-19(14(22)24-12)9-16-11(15(2,3)4)10-7-6-8-23-10/h6-8,11,16H,5,9H2,1-4H3,(H,17,18,20). The smallest absolute Gasteiger partial charge is 0.413 e. The molecule has 1 amide bonds. The highest BCUT2D eigenvalue weighted by molar-refractivity contribution is 7.73. The van der Waals surface area contributed by atoms with Crippen LogP contribution in [0.25, 0.3) is 0 Å². The number of hydrogen-bond acceptors (Lipinski definition) is 7. The zero-order valence-electron chi connectivity index (χ0n) is 14.2. The van der Waals surface area contributed by atoms with Crippen LogP contribution in [0.1, 0.15) is 38.6 Å². The van der Waals surface area contributed by atoms with Crippen LogP contribution in [-0.4, -0.2) is 22.5 Å². The van der Waals surface area contributed by atoms with Gasteiger partial charge < -0.3 is 4.74 Å². The Hall–Kier alpha value is -1.29. The molecule has 2 N–H and O–H groups in total. The van der Waals surface area contributed by atoms with Gasteiger partial charge in [0.2, 0.25) is 5.13 Å². The molecule has 0 bridgehead atoms. The van der Waals surface area contributed by atoms with E-state index in [1.54, 1.807) is 22.9 Å². The predicted molar refractivity (Wildman–Crippen MR) is 101 cm³/mol. The van der Waals surface area contributed by atoms with Gasteiger partial charge in [-0.2, -0.15) is 0 Å². The number of ether oxygens (including phenoxy) is 1. The Morgan fingerprint density at radius 1 is 1.50 bits per heavy atom. The van der Waals surface area contributed by atoms with E-state index in [9.17, 15) is 4.79 Å². The molecule has 2 aromatic heterocycles. The number of thiophene rings is 1. The maximum atomic E-state index is 11.5. The van der Waals surface area contributed by atoms with Gasteiger partial charge in [-0.3, -0.25) is 10.6 Å². The van der Waals surface area contributed by atoms with Crippen molar-refractivity contribution < 1.29 is 9.53 Å². The summed E-state index contributed by atoms with van der Waals surface area (Å²) in [7, 11) is 0. The molecule has 0 spiro atoms. The summed E-state index contributed by atoms with van der Waals surface area (Å²) >= 11 is 8.29. The van der Waals surface area contributed by atoms with Crippen LogP contribution in [0.5, 0.6) is 0 Å². The first kappa shape index (κ1) is 19.0. The van der Waals surface area contributed by atoms with Crippen molar-refractivity contribution in [1.82, 2.24) is 15.1 Å². The van der Waals surface area contributed by atoms with Gasteiger partial charge in [-0.15, -0.1) is 16.4 Å². The fraction of sp³-hybridized carbons (Fsp3) is 0.533. The van der Waals surface area contributed by atoms with E-state index in [1.807, 2.05) is 0 Å². The van der Waals surface area contributed by atoms with Crippen LogP contribution < -0.4 is 10.6 Å². The summed E-state index contributed by atoms with van der Waals surface area (Å²) in [6.45, 7) is 9.11. The number of hydrogen-bond donors (Lipinski definition) is 2. The molecule has 0 aliphatic rings. The van der Waals surface area contributed by atoms with Gasteiger partial charge in [0.1, 0.15) is 0 Å². The molecular formula is C15H22N4O2S3. The molecule has 9 heteroatoms. The third-order valence-corrected chi connectivity index (χ3v) is 5.39. The fourth-order valence-corrected chi connectivity index (χ4v) is 4.21.